The molecule has 0 radical (unpaired) electrons. The number of aromatic nitrogens is 1. The Morgan fingerprint density at radius 3 is 2.14 bits per heavy atom. The molecule has 2 aromatic heterocycles. The first kappa shape index (κ1) is 15.7. The molecule has 0 fully saturated rings. The van der Waals surface area contributed by atoms with Crippen LogP contribution < -0.4 is 5.32 Å². The summed E-state index contributed by atoms with van der Waals surface area (Å²) in [5.74, 6) is 0. The number of para-hydroxylation sites is 1. The van der Waals surface area contributed by atoms with Crippen molar-refractivity contribution >= 4 is 64.7 Å². The van der Waals surface area contributed by atoms with E-state index in [0.717, 1.165) is 11.4 Å². The molecule has 0 aliphatic rings. The van der Waals surface area contributed by atoms with E-state index in [0.29, 0.717) is 0 Å². The standard InChI is InChI=1S/C25H18N2S/c1-27-22-8-4-2-6-18(22)20-14-16(10-12-23(20)27)26-17-11-13-25-21(15-17)19-7-3-5-9-24(19)28-25/h2-15,26H,1H3. The molecule has 0 saturated heterocycles. The van der Waals surface area contributed by atoms with Crippen LogP contribution in [0.15, 0.2) is 84.9 Å². The van der Waals surface area contributed by atoms with Crippen LogP contribution in [0.3, 0.4) is 0 Å². The van der Waals surface area contributed by atoms with Crippen LogP contribution >= 0.6 is 11.3 Å². The fraction of sp³-hybridized carbons (Fsp3) is 0.0400. The zero-order valence-electron chi connectivity index (χ0n) is 15.4. The van der Waals surface area contributed by atoms with Crippen molar-refractivity contribution in [2.75, 3.05) is 5.32 Å². The van der Waals surface area contributed by atoms with E-state index in [-0.39, 0.29) is 0 Å². The van der Waals surface area contributed by atoms with E-state index >= 15 is 0 Å². The van der Waals surface area contributed by atoms with Gasteiger partial charge in [0.1, 0.15) is 0 Å². The summed E-state index contributed by atoms with van der Waals surface area (Å²) in [6.07, 6.45) is 0. The molecule has 134 valence electrons. The van der Waals surface area contributed by atoms with Gasteiger partial charge in [-0.1, -0.05) is 36.4 Å². The lowest BCUT2D eigenvalue weighted by atomic mass is 10.1. The lowest BCUT2D eigenvalue weighted by molar-refractivity contribution is 1.01. The molecule has 6 aromatic rings. The number of hydrogen-bond donors (Lipinski definition) is 1. The molecule has 0 amide bonds. The van der Waals surface area contributed by atoms with Gasteiger partial charge in [0.25, 0.3) is 0 Å². The normalized spacial score (nSPS) is 11.8. The van der Waals surface area contributed by atoms with Gasteiger partial charge in [0.2, 0.25) is 0 Å². The van der Waals surface area contributed by atoms with E-state index in [1.807, 2.05) is 11.3 Å². The second kappa shape index (κ2) is 5.85. The minimum atomic E-state index is 1.11. The fourth-order valence-corrected chi connectivity index (χ4v) is 5.30. The molecule has 28 heavy (non-hydrogen) atoms. The highest BCUT2D eigenvalue weighted by Crippen LogP contribution is 2.36. The van der Waals surface area contributed by atoms with Crippen molar-refractivity contribution in [2.45, 2.75) is 0 Å². The summed E-state index contributed by atoms with van der Waals surface area (Å²) >= 11 is 1.85. The van der Waals surface area contributed by atoms with Gasteiger partial charge in [-0.05, 0) is 48.5 Å². The molecule has 0 atom stereocenters. The predicted molar refractivity (Wildman–Crippen MR) is 123 cm³/mol. The van der Waals surface area contributed by atoms with Crippen molar-refractivity contribution in [3.05, 3.63) is 84.9 Å². The lowest BCUT2D eigenvalue weighted by Gasteiger charge is -2.08. The quantitative estimate of drug-likeness (QED) is 0.331. The summed E-state index contributed by atoms with van der Waals surface area (Å²) in [5.41, 5.74) is 4.75. The maximum atomic E-state index is 3.61. The molecule has 2 heterocycles. The summed E-state index contributed by atoms with van der Waals surface area (Å²) in [6.45, 7) is 0. The highest BCUT2D eigenvalue weighted by molar-refractivity contribution is 7.25. The Morgan fingerprint density at radius 1 is 0.607 bits per heavy atom. The van der Waals surface area contributed by atoms with Crippen molar-refractivity contribution in [2.24, 2.45) is 7.05 Å². The van der Waals surface area contributed by atoms with Gasteiger partial charge in [-0.25, -0.2) is 0 Å². The molecule has 0 unspecified atom stereocenters. The van der Waals surface area contributed by atoms with E-state index in [9.17, 15) is 0 Å². The van der Waals surface area contributed by atoms with E-state index < -0.39 is 0 Å². The van der Waals surface area contributed by atoms with E-state index in [1.165, 1.54) is 42.0 Å². The molecular formula is C25H18N2S. The number of hydrogen-bond acceptors (Lipinski definition) is 2. The van der Waals surface area contributed by atoms with Crippen molar-refractivity contribution in [3.8, 4) is 0 Å². The molecule has 3 heteroatoms. The first-order chi connectivity index (χ1) is 13.8. The van der Waals surface area contributed by atoms with Gasteiger partial charge in [0.15, 0.2) is 0 Å². The SMILES string of the molecule is Cn1c2ccccc2c2cc(Nc3ccc4sc5ccccc5c4c3)ccc21. The van der Waals surface area contributed by atoms with E-state index in [4.69, 9.17) is 0 Å². The molecule has 6 rings (SSSR count). The van der Waals surface area contributed by atoms with Crippen molar-refractivity contribution in [1.29, 1.82) is 0 Å². The zero-order valence-corrected chi connectivity index (χ0v) is 16.3. The van der Waals surface area contributed by atoms with Crippen molar-refractivity contribution in [1.82, 2.24) is 4.57 Å². The molecule has 0 aliphatic carbocycles. The number of rotatable bonds is 2. The third-order valence-corrected chi connectivity index (χ3v) is 6.73. The van der Waals surface area contributed by atoms with Crippen LogP contribution in [0.2, 0.25) is 0 Å². The number of thiophene rings is 1. The zero-order chi connectivity index (χ0) is 18.7. The first-order valence-electron chi connectivity index (χ1n) is 9.43. The van der Waals surface area contributed by atoms with E-state index in [2.05, 4.69) is 102 Å². The van der Waals surface area contributed by atoms with Gasteiger partial charge < -0.3 is 9.88 Å². The Morgan fingerprint density at radius 2 is 1.25 bits per heavy atom. The van der Waals surface area contributed by atoms with Gasteiger partial charge in [0.05, 0.1) is 0 Å². The van der Waals surface area contributed by atoms with Gasteiger partial charge >= 0.3 is 0 Å². The minimum absolute atomic E-state index is 1.11. The van der Waals surface area contributed by atoms with Crippen LogP contribution in [0.4, 0.5) is 11.4 Å². The minimum Gasteiger partial charge on any atom is -0.355 e. The molecule has 2 nitrogen and oxygen atoms in total. The average molecular weight is 379 g/mol. The van der Waals surface area contributed by atoms with Crippen LogP contribution in [0.25, 0.3) is 42.0 Å². The molecule has 0 aliphatic heterocycles. The Bertz CT molecular complexity index is 1500. The number of benzene rings is 4. The Balaban J connectivity index is 1.47. The van der Waals surface area contributed by atoms with Crippen LogP contribution in [0.5, 0.6) is 0 Å². The Hall–Kier alpha value is -3.30. The Kier molecular flexibility index (Phi) is 3.28. The molecule has 4 aromatic carbocycles. The second-order valence-electron chi connectivity index (χ2n) is 7.24. The second-order valence-corrected chi connectivity index (χ2v) is 8.33. The molecule has 0 bridgehead atoms. The van der Waals surface area contributed by atoms with E-state index in [1.54, 1.807) is 0 Å². The molecular weight excluding hydrogens is 360 g/mol. The number of aryl methyl sites for hydroxylation is 1. The maximum absolute atomic E-state index is 3.61. The summed E-state index contributed by atoms with van der Waals surface area (Å²) in [5, 5.41) is 8.83. The van der Waals surface area contributed by atoms with Crippen LogP contribution in [-0.2, 0) is 7.05 Å². The monoisotopic (exact) mass is 378 g/mol. The van der Waals surface area contributed by atoms with Gasteiger partial charge in [-0.15, -0.1) is 11.3 Å². The van der Waals surface area contributed by atoms with Crippen LogP contribution in [0, 0.1) is 0 Å². The van der Waals surface area contributed by atoms with Crippen molar-refractivity contribution < 1.29 is 0 Å². The lowest BCUT2D eigenvalue weighted by Crippen LogP contribution is -1.90. The highest BCUT2D eigenvalue weighted by Gasteiger charge is 2.09. The molecule has 1 N–H and O–H groups in total. The first-order valence-corrected chi connectivity index (χ1v) is 10.2. The predicted octanol–water partition coefficient (Wildman–Crippen LogP) is 7.44. The smallest absolute Gasteiger partial charge is 0.0490 e. The Labute approximate surface area is 166 Å². The van der Waals surface area contributed by atoms with Gasteiger partial charge in [-0.2, -0.15) is 0 Å². The number of nitrogens with one attached hydrogen (secondary N) is 1. The summed E-state index contributed by atoms with van der Waals surface area (Å²) in [7, 11) is 2.13. The van der Waals surface area contributed by atoms with Gasteiger partial charge in [0, 0.05) is 60.4 Å². The highest BCUT2D eigenvalue weighted by atomic mass is 32.1. The van der Waals surface area contributed by atoms with Crippen molar-refractivity contribution in [3.63, 3.8) is 0 Å². The molecule has 0 saturated carbocycles. The summed E-state index contributed by atoms with van der Waals surface area (Å²) in [6, 6.07) is 30.5. The fourth-order valence-electron chi connectivity index (χ4n) is 4.22. The van der Waals surface area contributed by atoms with Crippen LogP contribution in [0.1, 0.15) is 0 Å². The average Bonchev–Trinajstić information content (AvgIpc) is 3.24. The number of fused-ring (bicyclic) bond motifs is 6. The topological polar surface area (TPSA) is 17.0 Å². The van der Waals surface area contributed by atoms with Crippen LogP contribution in [-0.4, -0.2) is 4.57 Å². The number of nitrogens with zero attached hydrogens (tertiary/aromatic N) is 1. The maximum Gasteiger partial charge on any atom is 0.0490 e. The largest absolute Gasteiger partial charge is 0.355 e. The summed E-state index contributed by atoms with van der Waals surface area (Å²) in [4.78, 5) is 0. The van der Waals surface area contributed by atoms with Gasteiger partial charge in [-0.3, -0.25) is 0 Å². The third-order valence-electron chi connectivity index (χ3n) is 5.58. The molecule has 0 spiro atoms. The summed E-state index contributed by atoms with van der Waals surface area (Å²) < 4.78 is 4.93. The third kappa shape index (κ3) is 2.26. The number of anilines is 2.